The van der Waals surface area contributed by atoms with Gasteiger partial charge >= 0.3 is 0 Å². The highest BCUT2D eigenvalue weighted by molar-refractivity contribution is 7.92. The van der Waals surface area contributed by atoms with E-state index in [1.54, 1.807) is 54.7 Å². The Morgan fingerprint density at radius 1 is 0.941 bits per heavy atom. The Balaban J connectivity index is 1.47. The first-order valence-corrected chi connectivity index (χ1v) is 12.7. The van der Waals surface area contributed by atoms with Crippen LogP contribution in [-0.4, -0.2) is 26.8 Å². The maximum absolute atomic E-state index is 12.5. The normalized spacial score (nSPS) is 11.6. The Kier molecular flexibility index (Phi) is 6.95. The summed E-state index contributed by atoms with van der Waals surface area (Å²) in [6.45, 7) is 0.150. The molecule has 0 atom stereocenters. The number of carbonyl (C=O) groups excluding carboxylic acids is 1. The Bertz CT molecular complexity index is 1450. The minimum Gasteiger partial charge on any atom is -0.267 e. The van der Waals surface area contributed by atoms with Crippen LogP contribution in [0.15, 0.2) is 96.1 Å². The van der Waals surface area contributed by atoms with Crippen molar-refractivity contribution >= 4 is 50.2 Å². The molecule has 0 aliphatic carbocycles. The van der Waals surface area contributed by atoms with Gasteiger partial charge in [-0.1, -0.05) is 66.2 Å². The highest BCUT2D eigenvalue weighted by Gasteiger charge is 2.18. The zero-order valence-corrected chi connectivity index (χ0v) is 19.9. The molecule has 4 aromatic carbocycles. The highest BCUT2D eigenvalue weighted by atomic mass is 35.5. The molecule has 4 aromatic rings. The number of nitrogens with one attached hydrogen (secondary N) is 1. The standard InChI is InChI=1S/C26H22ClN3O3S/c1-34(32,33)30(18-19-9-13-23(27)14-10-19)24-15-11-21(12-16-24)26(31)29-28-17-22-7-4-6-20-5-2-3-8-25(20)22/h2-17H,18H2,1H3,(H,29,31)/b28-17-. The van der Waals surface area contributed by atoms with Gasteiger partial charge in [0.15, 0.2) is 0 Å². The third-order valence-electron chi connectivity index (χ3n) is 5.25. The van der Waals surface area contributed by atoms with Crippen molar-refractivity contribution in [3.05, 3.63) is 113 Å². The lowest BCUT2D eigenvalue weighted by Gasteiger charge is -2.22. The van der Waals surface area contributed by atoms with Crippen molar-refractivity contribution in [1.82, 2.24) is 5.43 Å². The maximum Gasteiger partial charge on any atom is 0.271 e. The second kappa shape index (κ2) is 10.1. The molecule has 0 bridgehead atoms. The van der Waals surface area contributed by atoms with Gasteiger partial charge in [-0.05, 0) is 52.7 Å². The van der Waals surface area contributed by atoms with Crippen molar-refractivity contribution in [2.24, 2.45) is 5.10 Å². The van der Waals surface area contributed by atoms with E-state index in [2.05, 4.69) is 10.5 Å². The molecule has 0 unspecified atom stereocenters. The summed E-state index contributed by atoms with van der Waals surface area (Å²) in [6, 6.07) is 27.1. The molecule has 6 nitrogen and oxygen atoms in total. The lowest BCUT2D eigenvalue weighted by Crippen LogP contribution is -2.29. The first-order valence-electron chi connectivity index (χ1n) is 10.4. The van der Waals surface area contributed by atoms with Crippen LogP contribution in [0.1, 0.15) is 21.5 Å². The zero-order valence-electron chi connectivity index (χ0n) is 18.4. The molecule has 4 rings (SSSR count). The van der Waals surface area contributed by atoms with E-state index >= 15 is 0 Å². The largest absolute Gasteiger partial charge is 0.271 e. The monoisotopic (exact) mass is 491 g/mol. The van der Waals surface area contributed by atoms with Crippen LogP contribution in [0.25, 0.3) is 10.8 Å². The van der Waals surface area contributed by atoms with Gasteiger partial charge in [-0.15, -0.1) is 0 Å². The lowest BCUT2D eigenvalue weighted by molar-refractivity contribution is 0.0955. The summed E-state index contributed by atoms with van der Waals surface area (Å²) < 4.78 is 26.1. The molecule has 0 aromatic heterocycles. The SMILES string of the molecule is CS(=O)(=O)N(Cc1ccc(Cl)cc1)c1ccc(C(=O)N/N=C\c2cccc3ccccc23)cc1. The fraction of sp³-hybridized carbons (Fsp3) is 0.0769. The van der Waals surface area contributed by atoms with E-state index in [0.29, 0.717) is 16.3 Å². The number of hydrazone groups is 1. The van der Waals surface area contributed by atoms with Crippen LogP contribution in [0.2, 0.25) is 5.02 Å². The molecule has 0 saturated heterocycles. The predicted octanol–water partition coefficient (Wildman–Crippen LogP) is 5.22. The van der Waals surface area contributed by atoms with Crippen LogP contribution in [0.5, 0.6) is 0 Å². The highest BCUT2D eigenvalue weighted by Crippen LogP contribution is 2.22. The molecule has 0 spiro atoms. The van der Waals surface area contributed by atoms with Crippen molar-refractivity contribution in [3.8, 4) is 0 Å². The van der Waals surface area contributed by atoms with Gasteiger partial charge in [0.2, 0.25) is 10.0 Å². The van der Waals surface area contributed by atoms with Crippen LogP contribution >= 0.6 is 11.6 Å². The van der Waals surface area contributed by atoms with Gasteiger partial charge in [0.05, 0.1) is 24.7 Å². The zero-order chi connectivity index (χ0) is 24.1. The average molecular weight is 492 g/mol. The van der Waals surface area contributed by atoms with Crippen molar-refractivity contribution in [2.75, 3.05) is 10.6 Å². The first-order chi connectivity index (χ1) is 16.3. The maximum atomic E-state index is 12.5. The van der Waals surface area contributed by atoms with Crippen LogP contribution in [-0.2, 0) is 16.6 Å². The molecule has 8 heteroatoms. The molecule has 0 fully saturated rings. The second-order valence-corrected chi connectivity index (χ2v) is 10.1. The number of hydrogen-bond donors (Lipinski definition) is 1. The van der Waals surface area contributed by atoms with Crippen molar-refractivity contribution < 1.29 is 13.2 Å². The number of anilines is 1. The van der Waals surface area contributed by atoms with E-state index in [1.807, 2.05) is 42.5 Å². The fourth-order valence-corrected chi connectivity index (χ4v) is 4.54. The number of fused-ring (bicyclic) bond motifs is 1. The molecule has 1 N–H and O–H groups in total. The summed E-state index contributed by atoms with van der Waals surface area (Å²) in [7, 11) is -3.55. The molecule has 0 heterocycles. The summed E-state index contributed by atoms with van der Waals surface area (Å²) in [4.78, 5) is 12.5. The Morgan fingerprint density at radius 2 is 1.62 bits per heavy atom. The molecular weight excluding hydrogens is 470 g/mol. The smallest absolute Gasteiger partial charge is 0.267 e. The second-order valence-electron chi connectivity index (χ2n) is 7.71. The van der Waals surface area contributed by atoms with Crippen LogP contribution in [0.3, 0.4) is 0 Å². The van der Waals surface area contributed by atoms with Crippen molar-refractivity contribution in [1.29, 1.82) is 0 Å². The Morgan fingerprint density at radius 3 is 2.32 bits per heavy atom. The summed E-state index contributed by atoms with van der Waals surface area (Å²) in [6.07, 6.45) is 2.75. The number of carbonyl (C=O) groups is 1. The van der Waals surface area contributed by atoms with E-state index in [9.17, 15) is 13.2 Å². The van der Waals surface area contributed by atoms with Gasteiger partial charge in [-0.3, -0.25) is 9.10 Å². The number of sulfonamides is 1. The summed E-state index contributed by atoms with van der Waals surface area (Å²) in [5, 5.41) is 6.78. The topological polar surface area (TPSA) is 78.8 Å². The number of rotatable bonds is 7. The van der Waals surface area contributed by atoms with E-state index < -0.39 is 15.9 Å². The summed E-state index contributed by atoms with van der Waals surface area (Å²) in [5.41, 5.74) is 5.01. The van der Waals surface area contributed by atoms with Gasteiger partial charge in [-0.25, -0.2) is 13.8 Å². The quantitative estimate of drug-likeness (QED) is 0.284. The van der Waals surface area contributed by atoms with Crippen LogP contribution in [0, 0.1) is 0 Å². The van der Waals surface area contributed by atoms with Gasteiger partial charge in [0, 0.05) is 16.1 Å². The average Bonchev–Trinajstić information content (AvgIpc) is 2.83. The number of halogens is 1. The Hall–Kier alpha value is -3.68. The van der Waals surface area contributed by atoms with Gasteiger partial charge in [-0.2, -0.15) is 5.10 Å². The third-order valence-corrected chi connectivity index (χ3v) is 6.64. The molecule has 0 radical (unpaired) electrons. The lowest BCUT2D eigenvalue weighted by atomic mass is 10.1. The van der Waals surface area contributed by atoms with E-state index in [4.69, 9.17) is 11.6 Å². The molecule has 34 heavy (non-hydrogen) atoms. The number of amides is 1. The molecule has 0 aliphatic heterocycles. The number of benzene rings is 4. The Labute approximate surface area is 203 Å². The molecule has 0 aliphatic rings. The van der Waals surface area contributed by atoms with Crippen molar-refractivity contribution in [2.45, 2.75) is 6.54 Å². The molecule has 0 saturated carbocycles. The third kappa shape index (κ3) is 5.62. The molecule has 172 valence electrons. The van der Waals surface area contributed by atoms with Crippen LogP contribution in [0.4, 0.5) is 5.69 Å². The van der Waals surface area contributed by atoms with Gasteiger partial charge in [0.25, 0.3) is 5.91 Å². The van der Waals surface area contributed by atoms with Crippen molar-refractivity contribution in [3.63, 3.8) is 0 Å². The van der Waals surface area contributed by atoms with Gasteiger partial charge < -0.3 is 0 Å². The fourth-order valence-electron chi connectivity index (χ4n) is 3.52. The molecular formula is C26H22ClN3O3S. The molecule has 1 amide bonds. The van der Waals surface area contributed by atoms with E-state index in [0.717, 1.165) is 28.2 Å². The predicted molar refractivity (Wildman–Crippen MR) is 138 cm³/mol. The minimum atomic E-state index is -3.55. The number of hydrogen-bond acceptors (Lipinski definition) is 4. The van der Waals surface area contributed by atoms with Gasteiger partial charge in [0.1, 0.15) is 0 Å². The van der Waals surface area contributed by atoms with Crippen LogP contribution < -0.4 is 9.73 Å². The summed E-state index contributed by atoms with van der Waals surface area (Å²) >= 11 is 5.92. The van der Waals surface area contributed by atoms with E-state index in [-0.39, 0.29) is 6.54 Å². The number of nitrogens with zero attached hydrogens (tertiary/aromatic N) is 2. The summed E-state index contributed by atoms with van der Waals surface area (Å²) in [5.74, 6) is -0.397. The van der Waals surface area contributed by atoms with E-state index in [1.165, 1.54) is 4.31 Å². The first kappa shape index (κ1) is 23.5. The minimum absolute atomic E-state index is 0.150.